The molecule has 0 aromatic carbocycles. The molecule has 0 aliphatic heterocycles. The largest absolute Gasteiger partial charge is 0.0651 e. The first-order chi connectivity index (χ1) is 44.2. The van der Waals surface area contributed by atoms with Gasteiger partial charge in [0, 0.05) is 21.9 Å². The first kappa shape index (κ1) is 46.2. The van der Waals surface area contributed by atoms with Crippen molar-refractivity contribution in [2.45, 2.75) is 346 Å². The van der Waals surface area contributed by atoms with Crippen molar-refractivity contribution in [3.63, 3.8) is 0 Å². The highest BCUT2D eigenvalue weighted by Gasteiger charge is 2.51. The Bertz CT molecular complexity index is 2250. The zero-order valence-electron chi connectivity index (χ0n) is 70.7. The molecule has 16 bridgehead atoms. The van der Waals surface area contributed by atoms with E-state index in [9.17, 15) is 0 Å². The van der Waals surface area contributed by atoms with Gasteiger partial charge in [-0.15, -0.1) is 0 Å². The van der Waals surface area contributed by atoms with Crippen molar-refractivity contribution >= 4 is 0 Å². The Hall–Kier alpha value is 0. The van der Waals surface area contributed by atoms with E-state index in [1.165, 1.54) is 186 Å². The predicted octanol–water partition coefficient (Wildman–Crippen LogP) is 25.3. The van der Waals surface area contributed by atoms with Crippen LogP contribution in [0.25, 0.3) is 0 Å². The highest BCUT2D eigenvalue weighted by atomic mass is 14.6. The SMILES string of the molecule is [2H]C(C)(C)C1C2CC3CC(C2)CC1C3.[2H]C(C)(C)C1CC2CCC1CC2.[2H]C([2H])(C)C1C2CC1C2.[2H]C([2H])(C)C1C2CCC1C2.[2H]C([2H])(C)C1C2CCC1CC2.[2H]C([2H])(C)C1CC2CC1C2.[2H]C([2H])(C)C1CC2CCC1C2.[2H]C([2H])(C)C1CCCC1.[2H]C([2H])(C)C1CCCCC1. The van der Waals surface area contributed by atoms with Crippen LogP contribution in [0.15, 0.2) is 0 Å². The van der Waals surface area contributed by atoms with Crippen molar-refractivity contribution in [2.75, 3.05) is 0 Å². The number of fused-ring (bicyclic) bond motifs is 9. The molecule has 0 aromatic rings. The Morgan fingerprint density at radius 1 is 0.275 bits per heavy atom. The van der Waals surface area contributed by atoms with Gasteiger partial charge in [0.25, 0.3) is 0 Å². The van der Waals surface area contributed by atoms with Crippen molar-refractivity contribution in [2.24, 2.45) is 160 Å². The topological polar surface area (TPSA) is 0 Å². The van der Waals surface area contributed by atoms with Crippen molar-refractivity contribution in [1.82, 2.24) is 0 Å². The standard InChI is InChI=1S/C13H22.C11H20.2C9H16.2C8H14.C8H16.C7H12.C7H14/c1-8(2)13-11-4-9-3-10(6-11)7-12(13)5-9;1-8(2)11-7-9-3-5-10(11)6-4-9;1-2-8-5-7-3-4-9(8)6-7;1-2-9-7-3-4-8(9)6-5-7;1-2-7-3-6-4-8(7)5-6;1-2-8-6-3-4-7(8)5-6;1-2-8-6-4-3-5-7-8;1-2-7-5-3-6(7)4-5;1-2-7-5-3-4-6-7/h8-13H,3-7H2,1-2H3;8-11H,3-7H2,1-2H3;2*7-9H,2-6H2,1H3;2*6-8H,2-5H2,1H3;8H,2-7H2,1H3;5-7H,2-4H2,1H3;7H,2-6H2,1H3/i2*8D;7*2D2. The third-order valence-electron chi connectivity index (χ3n) is 27.0. The predicted molar refractivity (Wildman–Crippen MR) is 351 cm³/mol. The van der Waals surface area contributed by atoms with Crippen LogP contribution in [0, 0.1) is 160 Å². The summed E-state index contributed by atoms with van der Waals surface area (Å²) in [6.07, 6.45) is 39.4. The summed E-state index contributed by atoms with van der Waals surface area (Å²) in [5, 5.41) is 0. The third-order valence-corrected chi connectivity index (χ3v) is 27.0. The van der Waals surface area contributed by atoms with Gasteiger partial charge in [-0.05, 0) is 307 Å². The summed E-state index contributed by atoms with van der Waals surface area (Å²) in [6.45, 7) is 20.6. The number of rotatable bonds is 9. The fraction of sp³-hybridized carbons (Fsp3) is 1.00. The molecule has 0 heterocycles. The second kappa shape index (κ2) is 31.8. The lowest BCUT2D eigenvalue weighted by molar-refractivity contribution is -0.0819. The van der Waals surface area contributed by atoms with Gasteiger partial charge in [-0.2, -0.15) is 0 Å². The van der Waals surface area contributed by atoms with E-state index < -0.39 is 44.6 Å². The maximum absolute atomic E-state index is 8.31. The molecule has 0 heteroatoms. The number of hydrogen-bond acceptors (Lipinski definition) is 0. The lowest BCUT2D eigenvalue weighted by Gasteiger charge is -2.58. The third kappa shape index (κ3) is 16.6. The Kier molecular flexibility index (Phi) is 18.3. The minimum Gasteiger partial charge on any atom is -0.0651 e. The Morgan fingerprint density at radius 2 is 0.650 bits per heavy atom. The van der Waals surface area contributed by atoms with Gasteiger partial charge >= 0.3 is 0 Å². The van der Waals surface area contributed by atoms with E-state index in [1.807, 2.05) is 0 Å². The molecule has 7 unspecified atom stereocenters. The monoisotopic (exact) mass is 1120 g/mol. The van der Waals surface area contributed by atoms with Gasteiger partial charge in [-0.1, -0.05) is 198 Å². The lowest BCUT2D eigenvalue weighted by atomic mass is 9.47. The van der Waals surface area contributed by atoms with Crippen molar-refractivity contribution < 1.29 is 21.9 Å². The Morgan fingerprint density at radius 3 is 0.912 bits per heavy atom. The van der Waals surface area contributed by atoms with Crippen LogP contribution in [0.2, 0.25) is 0 Å². The van der Waals surface area contributed by atoms with Gasteiger partial charge in [0.1, 0.15) is 0 Å². The Balaban J connectivity index is 0.000000127. The normalized spacial score (nSPS) is 49.5. The summed E-state index contributed by atoms with van der Waals surface area (Å²) in [5.74, 6) is 17.2. The summed E-state index contributed by atoms with van der Waals surface area (Å²) in [5.41, 5.74) is 0. The molecule has 7 atom stereocenters. The quantitative estimate of drug-likeness (QED) is 0.216. The summed E-state index contributed by atoms with van der Waals surface area (Å²) < 4.78 is 122. The molecule has 0 saturated heterocycles. The van der Waals surface area contributed by atoms with Crippen LogP contribution in [0.4, 0.5) is 0 Å². The zero-order valence-corrected chi connectivity index (χ0v) is 54.7. The molecular weight excluding hydrogens is 961 g/mol. The zero-order chi connectivity index (χ0) is 70.7. The Labute approximate surface area is 525 Å². The smallest absolute Gasteiger partial charge is 0.0300 e. The fourth-order valence-electron chi connectivity index (χ4n) is 22.2. The van der Waals surface area contributed by atoms with Gasteiger partial charge in [0.15, 0.2) is 0 Å². The van der Waals surface area contributed by atoms with Crippen molar-refractivity contribution in [3.8, 4) is 0 Å². The van der Waals surface area contributed by atoms with Gasteiger partial charge < -0.3 is 0 Å². The van der Waals surface area contributed by atoms with E-state index in [0.29, 0.717) is 47.3 Å². The molecule has 22 saturated carbocycles. The van der Waals surface area contributed by atoms with E-state index in [0.717, 1.165) is 139 Å². The molecular formula is C80H144. The van der Waals surface area contributed by atoms with Gasteiger partial charge in [0.05, 0.1) is 0 Å². The highest BCUT2D eigenvalue weighted by Crippen LogP contribution is 2.61. The molecule has 22 rings (SSSR count). The van der Waals surface area contributed by atoms with Crippen LogP contribution in [0.1, 0.15) is 367 Å². The molecule has 22 aliphatic carbocycles. The van der Waals surface area contributed by atoms with Crippen LogP contribution >= 0.6 is 0 Å². The average Bonchev–Trinajstić information content (AvgIpc) is 1.75. The van der Waals surface area contributed by atoms with Crippen LogP contribution < -0.4 is 0 Å². The molecule has 22 fully saturated rings. The summed E-state index contributed by atoms with van der Waals surface area (Å²) in [6, 6.07) is 0. The summed E-state index contributed by atoms with van der Waals surface area (Å²) in [4.78, 5) is 0. The fourth-order valence-corrected chi connectivity index (χ4v) is 22.2. The second-order valence-corrected chi connectivity index (χ2v) is 31.9. The van der Waals surface area contributed by atoms with Gasteiger partial charge in [0.2, 0.25) is 0 Å². The van der Waals surface area contributed by atoms with Crippen molar-refractivity contribution in [1.29, 1.82) is 0 Å². The van der Waals surface area contributed by atoms with Crippen LogP contribution in [-0.2, 0) is 0 Å². The maximum atomic E-state index is 8.31. The summed E-state index contributed by atoms with van der Waals surface area (Å²) in [7, 11) is 0. The van der Waals surface area contributed by atoms with Crippen LogP contribution in [0.3, 0.4) is 0 Å². The van der Waals surface area contributed by atoms with Gasteiger partial charge in [-0.3, -0.25) is 0 Å². The molecule has 0 nitrogen and oxygen atoms in total. The van der Waals surface area contributed by atoms with Crippen LogP contribution in [0.5, 0.6) is 0 Å². The highest BCUT2D eigenvalue weighted by molar-refractivity contribution is 5.01. The van der Waals surface area contributed by atoms with E-state index >= 15 is 0 Å². The molecule has 0 radical (unpaired) electrons. The first-order valence-corrected chi connectivity index (χ1v) is 36.2. The molecule has 0 spiro atoms. The lowest BCUT2D eigenvalue weighted by Crippen LogP contribution is -2.49. The molecule has 0 N–H and O–H groups in total. The first-order valence-electron chi connectivity index (χ1n) is 44.2. The molecule has 80 heavy (non-hydrogen) atoms. The minimum atomic E-state index is -0.930. The number of hydrogen-bond donors (Lipinski definition) is 0. The second-order valence-electron chi connectivity index (χ2n) is 31.9. The molecule has 22 aliphatic rings. The molecule has 0 amide bonds. The van der Waals surface area contributed by atoms with E-state index in [2.05, 4.69) is 27.7 Å². The van der Waals surface area contributed by atoms with E-state index in [1.54, 1.807) is 48.5 Å². The maximum Gasteiger partial charge on any atom is 0.0300 e. The van der Waals surface area contributed by atoms with Crippen LogP contribution in [-0.4, -0.2) is 0 Å². The average molecular weight is 1120 g/mol. The van der Waals surface area contributed by atoms with Gasteiger partial charge in [-0.25, -0.2) is 0 Å². The van der Waals surface area contributed by atoms with E-state index in [4.69, 9.17) is 21.9 Å². The minimum absolute atomic E-state index is 0.177. The summed E-state index contributed by atoms with van der Waals surface area (Å²) >= 11 is 0. The van der Waals surface area contributed by atoms with E-state index in [-0.39, 0.29) is 11.8 Å². The molecule has 464 valence electrons. The molecule has 0 aromatic heterocycles. The van der Waals surface area contributed by atoms with Crippen molar-refractivity contribution in [3.05, 3.63) is 0 Å².